The van der Waals surface area contributed by atoms with E-state index in [4.69, 9.17) is 18.9 Å². The van der Waals surface area contributed by atoms with Gasteiger partial charge in [0.1, 0.15) is 19.6 Å². The first kappa shape index (κ1) is 34.0. The van der Waals surface area contributed by atoms with Crippen molar-refractivity contribution >= 4 is 118 Å². The predicted octanol–water partition coefficient (Wildman–Crippen LogP) is 8.72. The van der Waals surface area contributed by atoms with Gasteiger partial charge < -0.3 is 18.9 Å². The van der Waals surface area contributed by atoms with Crippen molar-refractivity contribution in [3.8, 4) is 0 Å². The molecule has 2 aromatic carbocycles. The van der Waals surface area contributed by atoms with Crippen molar-refractivity contribution in [3.63, 3.8) is 0 Å². The topological polar surface area (TPSA) is 105 Å². The molecule has 4 aliphatic heterocycles. The predicted molar refractivity (Wildman–Crippen MR) is 197 cm³/mol. The van der Waals surface area contributed by atoms with Gasteiger partial charge in [-0.15, -0.1) is 0 Å². The molecule has 0 atom stereocenters. The number of thioether (sulfide) groups is 8. The summed E-state index contributed by atoms with van der Waals surface area (Å²) in [4.78, 5) is 56.7. The average Bonchev–Trinajstić information content (AvgIpc) is 3.90. The Hall–Kier alpha value is -2.44. The number of allylic oxidation sites excluding steroid dienone is 4. The van der Waals surface area contributed by atoms with Gasteiger partial charge in [-0.05, 0) is 24.3 Å². The van der Waals surface area contributed by atoms with Crippen LogP contribution in [0.2, 0.25) is 0 Å². The first-order valence-electron chi connectivity index (χ1n) is 13.7. The Balaban J connectivity index is 1.47. The molecule has 7 rings (SSSR count). The summed E-state index contributed by atoms with van der Waals surface area (Å²) >= 11 is 11.2. The minimum Gasteiger partial charge on any atom is -0.465 e. The van der Waals surface area contributed by atoms with E-state index in [1.807, 2.05) is 24.3 Å². The largest absolute Gasteiger partial charge is 0.465 e. The van der Waals surface area contributed by atoms with Gasteiger partial charge in [-0.3, -0.25) is 0 Å². The van der Waals surface area contributed by atoms with Crippen molar-refractivity contribution in [2.24, 2.45) is 0 Å². The van der Waals surface area contributed by atoms with Crippen LogP contribution < -0.4 is 0 Å². The van der Waals surface area contributed by atoms with Crippen molar-refractivity contribution in [3.05, 3.63) is 107 Å². The molecule has 8 nitrogen and oxygen atoms in total. The van der Waals surface area contributed by atoms with E-state index in [0.29, 0.717) is 0 Å². The Labute approximate surface area is 309 Å². The summed E-state index contributed by atoms with van der Waals surface area (Å²) in [6.45, 7) is 0. The number of ether oxygens (including phenoxy) is 4. The Morgan fingerprint density at radius 3 is 0.792 bits per heavy atom. The zero-order valence-electron chi connectivity index (χ0n) is 25.2. The fourth-order valence-electron chi connectivity index (χ4n) is 4.85. The van der Waals surface area contributed by atoms with Crippen LogP contribution in [0.15, 0.2) is 127 Å². The molecule has 48 heavy (non-hydrogen) atoms. The Bertz CT molecular complexity index is 1780. The highest BCUT2D eigenvalue weighted by atomic mass is 32.2. The van der Waals surface area contributed by atoms with E-state index in [2.05, 4.69) is 24.3 Å². The molecular weight excluding hydrogens is 769 g/mol. The first-order chi connectivity index (χ1) is 23.3. The smallest absolute Gasteiger partial charge is 0.346 e. The Kier molecular flexibility index (Phi) is 9.96. The van der Waals surface area contributed by atoms with Gasteiger partial charge >= 0.3 is 23.9 Å². The van der Waals surface area contributed by atoms with Crippen LogP contribution in [0.4, 0.5) is 0 Å². The van der Waals surface area contributed by atoms with Crippen LogP contribution >= 0.6 is 94.1 Å². The molecule has 1 fully saturated rings. The summed E-state index contributed by atoms with van der Waals surface area (Å²) in [5.74, 6) is -2.52. The summed E-state index contributed by atoms with van der Waals surface area (Å²) in [5.41, 5.74) is 3.53. The van der Waals surface area contributed by atoms with Gasteiger partial charge in [0.25, 0.3) is 0 Å². The maximum Gasteiger partial charge on any atom is 0.346 e. The van der Waals surface area contributed by atoms with Crippen molar-refractivity contribution < 1.29 is 38.1 Å². The van der Waals surface area contributed by atoms with Crippen LogP contribution in [0.1, 0.15) is 0 Å². The molecular formula is C32H20O8S8. The molecule has 1 aliphatic carbocycles. The molecule has 5 aliphatic rings. The quantitative estimate of drug-likeness (QED) is 0.218. The number of fused-ring (bicyclic) bond motifs is 2. The van der Waals surface area contributed by atoms with Crippen molar-refractivity contribution in [1.29, 1.82) is 0 Å². The molecule has 16 heteroatoms. The standard InChI is InChI=1S/C32H20O8S8/c1-37-25(33)21-22(26(34)38-2)46-31(45-21)19-17(29-41-13-9-5-6-10-14(13)42-29)20(18(19)30-43-15-11-7-8-12-16(15)44-30)32-47-23(27(35)39-3)24(48-32)28(36)40-4/h5-12H,1-4H3. The van der Waals surface area contributed by atoms with Gasteiger partial charge in [-0.25, -0.2) is 19.2 Å². The lowest BCUT2D eigenvalue weighted by molar-refractivity contribution is -0.138. The molecule has 244 valence electrons. The van der Waals surface area contributed by atoms with E-state index in [1.54, 1.807) is 47.0 Å². The van der Waals surface area contributed by atoms with Crippen LogP contribution in [0.5, 0.6) is 0 Å². The summed E-state index contributed by atoms with van der Waals surface area (Å²) in [5, 5.41) is 0. The van der Waals surface area contributed by atoms with Crippen molar-refractivity contribution in [1.82, 2.24) is 0 Å². The number of carbonyl (C=O) groups is 4. The van der Waals surface area contributed by atoms with E-state index in [0.717, 1.165) is 58.8 Å². The monoisotopic (exact) mass is 788 g/mol. The van der Waals surface area contributed by atoms with Crippen molar-refractivity contribution in [2.45, 2.75) is 19.6 Å². The van der Waals surface area contributed by atoms with Gasteiger partial charge in [0.2, 0.25) is 0 Å². The highest BCUT2D eigenvalue weighted by molar-refractivity contribution is 8.30. The van der Waals surface area contributed by atoms with Crippen LogP contribution in [-0.4, -0.2) is 52.3 Å². The molecule has 0 aromatic heterocycles. The molecule has 2 aromatic rings. The van der Waals surface area contributed by atoms with Gasteiger partial charge in [-0.1, -0.05) is 118 Å². The second-order valence-electron chi connectivity index (χ2n) is 9.64. The molecule has 0 radical (unpaired) electrons. The van der Waals surface area contributed by atoms with Gasteiger partial charge in [0.05, 0.1) is 45.4 Å². The minimum absolute atomic E-state index is 0.156. The fourth-order valence-corrected chi connectivity index (χ4v) is 15.2. The summed E-state index contributed by atoms with van der Waals surface area (Å²) in [6.07, 6.45) is 0. The zero-order valence-corrected chi connectivity index (χ0v) is 31.7. The van der Waals surface area contributed by atoms with Crippen LogP contribution in [0.25, 0.3) is 0 Å². The Morgan fingerprint density at radius 2 is 0.583 bits per heavy atom. The summed E-state index contributed by atoms with van der Waals surface area (Å²) in [6, 6.07) is 16.2. The van der Waals surface area contributed by atoms with Crippen LogP contribution in [0, 0.1) is 0 Å². The first-order valence-corrected chi connectivity index (χ1v) is 20.2. The van der Waals surface area contributed by atoms with E-state index in [1.165, 1.54) is 75.5 Å². The lowest BCUT2D eigenvalue weighted by atomic mass is 9.78. The lowest BCUT2D eigenvalue weighted by Gasteiger charge is -2.35. The van der Waals surface area contributed by atoms with E-state index in [9.17, 15) is 19.2 Å². The fraction of sp³-hybridized carbons (Fsp3) is 0.125. The normalized spacial score (nSPS) is 18.4. The number of hydrogen-bond acceptors (Lipinski definition) is 16. The van der Waals surface area contributed by atoms with Gasteiger partial charge in [-0.2, -0.15) is 0 Å². The number of benzene rings is 2. The molecule has 0 bridgehead atoms. The average molecular weight is 789 g/mol. The number of rotatable bonds is 4. The maximum atomic E-state index is 12.9. The Morgan fingerprint density at radius 1 is 0.375 bits per heavy atom. The second kappa shape index (κ2) is 14.1. The van der Waals surface area contributed by atoms with E-state index in [-0.39, 0.29) is 19.6 Å². The molecule has 0 N–H and O–H groups in total. The van der Waals surface area contributed by atoms with Crippen molar-refractivity contribution in [2.75, 3.05) is 28.4 Å². The SMILES string of the molecule is COC(=O)C1=C(C(=O)OC)SC(=C2C(=C3Sc4ccccc4S3)C(=C3SC(C(=O)OC)=C(C(=O)OC)S3)C2=C2Sc3ccccc3S2)S1. The third-order valence-electron chi connectivity index (χ3n) is 7.00. The molecule has 0 amide bonds. The number of esters is 4. The molecule has 1 saturated carbocycles. The maximum absolute atomic E-state index is 12.9. The van der Waals surface area contributed by atoms with E-state index < -0.39 is 23.9 Å². The third kappa shape index (κ3) is 5.91. The van der Waals surface area contributed by atoms with Gasteiger partial charge in [0, 0.05) is 41.9 Å². The lowest BCUT2D eigenvalue weighted by Crippen LogP contribution is -2.18. The highest BCUT2D eigenvalue weighted by Crippen LogP contribution is 2.70. The zero-order chi connectivity index (χ0) is 33.7. The number of carbonyl (C=O) groups excluding carboxylic acids is 4. The summed E-state index contributed by atoms with van der Waals surface area (Å²) in [7, 11) is 5.11. The molecule has 0 spiro atoms. The molecule has 0 saturated heterocycles. The molecule has 4 heterocycles. The third-order valence-corrected chi connectivity index (χ3v) is 17.2. The van der Waals surface area contributed by atoms with E-state index >= 15 is 0 Å². The number of methoxy groups -OCH3 is 4. The van der Waals surface area contributed by atoms with Crippen LogP contribution in [0.3, 0.4) is 0 Å². The minimum atomic E-state index is -0.629. The van der Waals surface area contributed by atoms with Gasteiger partial charge in [0.15, 0.2) is 0 Å². The number of hydrogen-bond donors (Lipinski definition) is 0. The summed E-state index contributed by atoms with van der Waals surface area (Å²) < 4.78 is 23.7. The highest BCUT2D eigenvalue weighted by Gasteiger charge is 2.48. The second-order valence-corrected chi connectivity index (χ2v) is 19.0. The molecule has 0 unspecified atom stereocenters. The van der Waals surface area contributed by atoms with Crippen LogP contribution in [-0.2, 0) is 38.1 Å².